The molecular formula is C14H16ClN3OS. The van der Waals surface area contributed by atoms with E-state index in [9.17, 15) is 4.79 Å². The number of amides is 1. The van der Waals surface area contributed by atoms with Crippen LogP contribution in [0.25, 0.3) is 0 Å². The molecule has 0 fully saturated rings. The standard InChI is InChI=1S/C14H16ClN3OS/c1-3-12(20-14-16-8-9-18(14)2)13(19)17-11-7-5-4-6-10(11)15/h4-9,12H,3H2,1-2H3,(H,17,19). The summed E-state index contributed by atoms with van der Waals surface area (Å²) >= 11 is 7.50. The van der Waals surface area contributed by atoms with Gasteiger partial charge >= 0.3 is 0 Å². The fraction of sp³-hybridized carbons (Fsp3) is 0.286. The average Bonchev–Trinajstić information content (AvgIpc) is 2.84. The Balaban J connectivity index is 2.06. The zero-order valence-electron chi connectivity index (χ0n) is 11.3. The molecule has 20 heavy (non-hydrogen) atoms. The Morgan fingerprint density at radius 1 is 1.50 bits per heavy atom. The Labute approximate surface area is 127 Å². The van der Waals surface area contributed by atoms with Crippen LogP contribution >= 0.6 is 23.4 Å². The number of hydrogen-bond acceptors (Lipinski definition) is 3. The largest absolute Gasteiger partial charge is 0.329 e. The molecule has 0 aliphatic carbocycles. The highest BCUT2D eigenvalue weighted by Gasteiger charge is 2.20. The van der Waals surface area contributed by atoms with Crippen molar-refractivity contribution in [2.45, 2.75) is 23.8 Å². The van der Waals surface area contributed by atoms with E-state index in [2.05, 4.69) is 10.3 Å². The van der Waals surface area contributed by atoms with Gasteiger partial charge in [0.25, 0.3) is 0 Å². The van der Waals surface area contributed by atoms with Crippen molar-refractivity contribution < 1.29 is 4.79 Å². The number of nitrogens with zero attached hydrogens (tertiary/aromatic N) is 2. The summed E-state index contributed by atoms with van der Waals surface area (Å²) in [6.45, 7) is 1.98. The van der Waals surface area contributed by atoms with E-state index in [1.54, 1.807) is 18.3 Å². The molecule has 1 aromatic carbocycles. The second-order valence-corrected chi connectivity index (χ2v) is 5.88. The lowest BCUT2D eigenvalue weighted by Crippen LogP contribution is -2.25. The fourth-order valence-corrected chi connectivity index (χ4v) is 2.81. The number of aryl methyl sites for hydroxylation is 1. The Kier molecular flexibility index (Phi) is 5.09. The number of rotatable bonds is 5. The third-order valence-electron chi connectivity index (χ3n) is 2.82. The van der Waals surface area contributed by atoms with Crippen LogP contribution in [0.4, 0.5) is 5.69 Å². The van der Waals surface area contributed by atoms with Crippen molar-refractivity contribution in [1.29, 1.82) is 0 Å². The van der Waals surface area contributed by atoms with Crippen LogP contribution in [0.3, 0.4) is 0 Å². The molecule has 0 saturated heterocycles. The number of carbonyl (C=O) groups is 1. The van der Waals surface area contributed by atoms with Crippen molar-refractivity contribution in [2.75, 3.05) is 5.32 Å². The smallest absolute Gasteiger partial charge is 0.238 e. The number of carbonyl (C=O) groups excluding carboxylic acids is 1. The third-order valence-corrected chi connectivity index (χ3v) is 4.59. The Morgan fingerprint density at radius 2 is 2.25 bits per heavy atom. The molecule has 1 heterocycles. The van der Waals surface area contributed by atoms with Gasteiger partial charge in [-0.1, -0.05) is 42.4 Å². The summed E-state index contributed by atoms with van der Waals surface area (Å²) < 4.78 is 1.90. The van der Waals surface area contributed by atoms with E-state index in [1.807, 2.05) is 36.9 Å². The Morgan fingerprint density at radius 3 is 2.85 bits per heavy atom. The van der Waals surface area contributed by atoms with Gasteiger partial charge in [-0.15, -0.1) is 0 Å². The van der Waals surface area contributed by atoms with Gasteiger partial charge in [-0.25, -0.2) is 4.98 Å². The molecule has 6 heteroatoms. The van der Waals surface area contributed by atoms with Crippen molar-refractivity contribution in [1.82, 2.24) is 9.55 Å². The van der Waals surface area contributed by atoms with Crippen molar-refractivity contribution in [3.63, 3.8) is 0 Å². The molecule has 1 unspecified atom stereocenters. The normalized spacial score (nSPS) is 12.2. The molecule has 1 aromatic heterocycles. The summed E-state index contributed by atoms with van der Waals surface area (Å²) in [7, 11) is 1.91. The zero-order chi connectivity index (χ0) is 14.5. The van der Waals surface area contributed by atoms with Gasteiger partial charge in [0.2, 0.25) is 5.91 Å². The van der Waals surface area contributed by atoms with Crippen molar-refractivity contribution >= 4 is 35.0 Å². The van der Waals surface area contributed by atoms with E-state index >= 15 is 0 Å². The summed E-state index contributed by atoms with van der Waals surface area (Å²) in [5.74, 6) is -0.0615. The van der Waals surface area contributed by atoms with Gasteiger partial charge in [0.05, 0.1) is 16.0 Å². The molecule has 0 radical (unpaired) electrons. The van der Waals surface area contributed by atoms with Gasteiger partial charge in [-0.05, 0) is 18.6 Å². The molecule has 2 aromatic rings. The number of thioether (sulfide) groups is 1. The predicted molar refractivity (Wildman–Crippen MR) is 83.2 cm³/mol. The number of anilines is 1. The summed E-state index contributed by atoms with van der Waals surface area (Å²) in [5, 5.41) is 4.03. The van der Waals surface area contributed by atoms with Crippen molar-refractivity contribution in [3.05, 3.63) is 41.7 Å². The molecule has 0 spiro atoms. The molecule has 1 amide bonds. The number of hydrogen-bond donors (Lipinski definition) is 1. The number of imidazole rings is 1. The summed E-state index contributed by atoms with van der Waals surface area (Å²) in [4.78, 5) is 16.5. The van der Waals surface area contributed by atoms with Crippen molar-refractivity contribution in [2.24, 2.45) is 7.05 Å². The lowest BCUT2D eigenvalue weighted by molar-refractivity contribution is -0.115. The van der Waals surface area contributed by atoms with E-state index in [1.165, 1.54) is 11.8 Å². The van der Waals surface area contributed by atoms with Crippen LogP contribution in [-0.2, 0) is 11.8 Å². The van der Waals surface area contributed by atoms with Crippen LogP contribution in [0.5, 0.6) is 0 Å². The zero-order valence-corrected chi connectivity index (χ0v) is 12.9. The maximum atomic E-state index is 12.3. The van der Waals surface area contributed by atoms with Gasteiger partial charge in [-0.2, -0.15) is 0 Å². The number of para-hydroxylation sites is 1. The number of halogens is 1. The SMILES string of the molecule is CCC(Sc1nccn1C)C(=O)Nc1ccccc1Cl. The highest BCUT2D eigenvalue weighted by molar-refractivity contribution is 8.00. The van der Waals surface area contributed by atoms with Gasteiger partial charge in [-0.3, -0.25) is 4.79 Å². The highest BCUT2D eigenvalue weighted by atomic mass is 35.5. The number of aromatic nitrogens is 2. The minimum atomic E-state index is -0.202. The second-order valence-electron chi connectivity index (χ2n) is 4.30. The maximum Gasteiger partial charge on any atom is 0.238 e. The molecule has 2 rings (SSSR count). The van der Waals surface area contributed by atoms with Gasteiger partial charge in [0.1, 0.15) is 0 Å². The second kappa shape index (κ2) is 6.81. The minimum absolute atomic E-state index is 0.0615. The molecule has 0 aliphatic rings. The molecular weight excluding hydrogens is 294 g/mol. The number of nitrogens with one attached hydrogen (secondary N) is 1. The van der Waals surface area contributed by atoms with Crippen LogP contribution in [0.1, 0.15) is 13.3 Å². The molecule has 1 N–H and O–H groups in total. The van der Waals surface area contributed by atoms with Gasteiger partial charge < -0.3 is 9.88 Å². The van der Waals surface area contributed by atoms with Crippen LogP contribution in [0.2, 0.25) is 5.02 Å². The molecule has 0 saturated carbocycles. The van der Waals surface area contributed by atoms with E-state index in [-0.39, 0.29) is 11.2 Å². The average molecular weight is 310 g/mol. The lowest BCUT2D eigenvalue weighted by Gasteiger charge is -2.15. The molecule has 0 bridgehead atoms. The molecule has 1 atom stereocenters. The minimum Gasteiger partial charge on any atom is -0.329 e. The van der Waals surface area contributed by atoms with Gasteiger partial charge in [0, 0.05) is 19.4 Å². The summed E-state index contributed by atoms with van der Waals surface area (Å²) in [6, 6.07) is 7.22. The summed E-state index contributed by atoms with van der Waals surface area (Å²) in [6.07, 6.45) is 4.30. The highest BCUT2D eigenvalue weighted by Crippen LogP contribution is 2.26. The van der Waals surface area contributed by atoms with Crippen LogP contribution in [0, 0.1) is 0 Å². The number of benzene rings is 1. The van der Waals surface area contributed by atoms with E-state index in [0.717, 1.165) is 5.16 Å². The molecule has 0 aliphatic heterocycles. The lowest BCUT2D eigenvalue weighted by atomic mass is 10.2. The topological polar surface area (TPSA) is 46.9 Å². The van der Waals surface area contributed by atoms with Crippen LogP contribution in [0.15, 0.2) is 41.8 Å². The van der Waals surface area contributed by atoms with E-state index in [4.69, 9.17) is 11.6 Å². The Bertz CT molecular complexity index is 600. The quantitative estimate of drug-likeness (QED) is 0.859. The van der Waals surface area contributed by atoms with Crippen molar-refractivity contribution in [3.8, 4) is 0 Å². The Hall–Kier alpha value is -1.46. The first-order valence-electron chi connectivity index (χ1n) is 6.31. The third kappa shape index (κ3) is 3.55. The first kappa shape index (κ1) is 14.9. The first-order chi connectivity index (χ1) is 9.61. The molecule has 106 valence electrons. The van der Waals surface area contributed by atoms with E-state index in [0.29, 0.717) is 17.1 Å². The van der Waals surface area contributed by atoms with Gasteiger partial charge in [0.15, 0.2) is 5.16 Å². The predicted octanol–water partition coefficient (Wildman–Crippen LogP) is 3.58. The molecule has 4 nitrogen and oxygen atoms in total. The maximum absolute atomic E-state index is 12.3. The first-order valence-corrected chi connectivity index (χ1v) is 7.57. The van der Waals surface area contributed by atoms with E-state index < -0.39 is 0 Å². The summed E-state index contributed by atoms with van der Waals surface area (Å²) in [5.41, 5.74) is 0.637. The fourth-order valence-electron chi connectivity index (χ4n) is 1.69. The monoisotopic (exact) mass is 309 g/mol. The van der Waals surface area contributed by atoms with Crippen LogP contribution in [-0.4, -0.2) is 20.7 Å². The van der Waals surface area contributed by atoms with Crippen LogP contribution < -0.4 is 5.32 Å².